The number of aromatic nitrogens is 2. The highest BCUT2D eigenvalue weighted by molar-refractivity contribution is 7.67. The van der Waals surface area contributed by atoms with Gasteiger partial charge in [-0.2, -0.15) is 0 Å². The van der Waals surface area contributed by atoms with Crippen molar-refractivity contribution >= 4 is 30.6 Å². The third kappa shape index (κ3) is 11.4. The molecule has 6 rings (SSSR count). The minimum atomic E-state index is -0.836. The summed E-state index contributed by atoms with van der Waals surface area (Å²) in [6.07, 6.45) is 17.8. The average Bonchev–Trinajstić information content (AvgIpc) is 3.07. The number of halogens is 1. The van der Waals surface area contributed by atoms with Crippen LogP contribution in [0.5, 0.6) is 0 Å². The van der Waals surface area contributed by atoms with E-state index in [4.69, 9.17) is 17.3 Å². The van der Waals surface area contributed by atoms with Gasteiger partial charge in [-0.25, -0.2) is 9.97 Å². The number of nitrogens with zero attached hydrogens (tertiary/aromatic N) is 2. The number of benzene rings is 2. The molecule has 0 aliphatic heterocycles. The molecule has 0 radical (unpaired) electrons. The van der Waals surface area contributed by atoms with Crippen LogP contribution in [0.25, 0.3) is 11.1 Å². The normalized spacial score (nSPS) is 16.1. The van der Waals surface area contributed by atoms with Gasteiger partial charge in [0, 0.05) is 23.5 Å². The second-order valence-corrected chi connectivity index (χ2v) is 17.0. The fraction of sp³-hybridized carbons (Fsp3) is 0.450. The summed E-state index contributed by atoms with van der Waals surface area (Å²) in [7, 11) is -0.0365. The number of nitrogens with two attached hydrogens (primary N) is 1. The Labute approximate surface area is 288 Å². The molecule has 2 heterocycles. The van der Waals surface area contributed by atoms with Crippen molar-refractivity contribution in [2.24, 2.45) is 0 Å². The van der Waals surface area contributed by atoms with Gasteiger partial charge in [-0.1, -0.05) is 125 Å². The number of aliphatic hydroxyl groups is 2. The van der Waals surface area contributed by atoms with Crippen molar-refractivity contribution in [3.63, 3.8) is 0 Å². The number of nitrogen functional groups attached to an aromatic ring is 1. The largest absolute Gasteiger partial charge is 0.386 e. The summed E-state index contributed by atoms with van der Waals surface area (Å²) < 4.78 is 0. The van der Waals surface area contributed by atoms with Gasteiger partial charge >= 0.3 is 0 Å². The van der Waals surface area contributed by atoms with Crippen LogP contribution in [0.1, 0.15) is 103 Å². The first-order chi connectivity index (χ1) is 22.4. The summed E-state index contributed by atoms with van der Waals surface area (Å²) in [6, 6.07) is 27.4. The predicted octanol–water partition coefficient (Wildman–Crippen LogP) is 9.98. The number of rotatable bonds is 6. The lowest BCUT2D eigenvalue weighted by atomic mass is 9.99. The van der Waals surface area contributed by atoms with Gasteiger partial charge in [-0.05, 0) is 93.3 Å². The van der Waals surface area contributed by atoms with Crippen LogP contribution in [-0.2, 0) is 11.2 Å². The Bertz CT molecular complexity index is 1400. The van der Waals surface area contributed by atoms with E-state index in [2.05, 4.69) is 64.6 Å². The molecule has 4 N–H and O–H groups in total. The minimum Gasteiger partial charge on any atom is -0.386 e. The standard InChI is InChI=1S/C24H31P.C8H10ClNO.C8H12N2O/c1-4-12-20(13-5-1)23-18-10-11-19-24(23)25(21-14-6-2-7-15-21)22-16-8-3-9-17-22;2*1-8(2,11)6-3-4-7(9)10-5-6/h1,4-5,10-13,18-19,21-22H,2-3,6-9,14-17H2;3-5,11H,1-2H3;3-5,11H,1-2H3,(H2,9,10). The van der Waals surface area contributed by atoms with Crippen LogP contribution < -0.4 is 11.0 Å². The van der Waals surface area contributed by atoms with Gasteiger partial charge in [0.05, 0.1) is 11.2 Å². The zero-order valence-corrected chi connectivity index (χ0v) is 30.2. The van der Waals surface area contributed by atoms with Crippen molar-refractivity contribution in [2.75, 3.05) is 5.73 Å². The monoisotopic (exact) mass is 673 g/mol. The predicted molar refractivity (Wildman–Crippen MR) is 201 cm³/mol. The Morgan fingerprint density at radius 1 is 0.638 bits per heavy atom. The molecule has 2 aliphatic carbocycles. The molecule has 5 nitrogen and oxygen atoms in total. The Morgan fingerprint density at radius 3 is 1.60 bits per heavy atom. The lowest BCUT2D eigenvalue weighted by Gasteiger charge is -2.39. The molecule has 2 aromatic heterocycles. The molecule has 0 saturated heterocycles. The molecule has 0 amide bonds. The first kappa shape index (κ1) is 37.0. The summed E-state index contributed by atoms with van der Waals surface area (Å²) in [4.78, 5) is 7.71. The lowest BCUT2D eigenvalue weighted by molar-refractivity contribution is 0.0777. The number of hydrogen-bond acceptors (Lipinski definition) is 5. The van der Waals surface area contributed by atoms with Crippen LogP contribution in [0, 0.1) is 0 Å². The number of pyridine rings is 2. The SMILES string of the molecule is CC(C)(O)c1ccc(Cl)nc1.CC(C)(O)c1ccc(N)nc1.c1ccc(-c2ccccc2P(C2CCCCC2)C2CCCCC2)cc1. The molecule has 2 saturated carbocycles. The highest BCUT2D eigenvalue weighted by atomic mass is 35.5. The van der Waals surface area contributed by atoms with Crippen molar-refractivity contribution in [1.29, 1.82) is 0 Å². The number of hydrogen-bond donors (Lipinski definition) is 3. The van der Waals surface area contributed by atoms with Crippen LogP contribution >= 0.6 is 19.5 Å². The highest BCUT2D eigenvalue weighted by Crippen LogP contribution is 2.56. The second kappa shape index (κ2) is 17.5. The maximum absolute atomic E-state index is 9.50. The Kier molecular flexibility index (Phi) is 13.8. The molecule has 4 aromatic rings. The van der Waals surface area contributed by atoms with E-state index in [1.165, 1.54) is 75.3 Å². The van der Waals surface area contributed by atoms with Crippen molar-refractivity contribution in [3.8, 4) is 11.1 Å². The maximum atomic E-state index is 9.50. The Balaban J connectivity index is 0.000000188. The van der Waals surface area contributed by atoms with Crippen LogP contribution in [0.2, 0.25) is 5.15 Å². The minimum absolute atomic E-state index is 0.0365. The van der Waals surface area contributed by atoms with Gasteiger partial charge in [0.25, 0.3) is 0 Å². The van der Waals surface area contributed by atoms with E-state index in [9.17, 15) is 10.2 Å². The van der Waals surface area contributed by atoms with Gasteiger partial charge < -0.3 is 15.9 Å². The summed E-state index contributed by atoms with van der Waals surface area (Å²) >= 11 is 5.57. The van der Waals surface area contributed by atoms with Gasteiger partial charge in [0.15, 0.2) is 0 Å². The van der Waals surface area contributed by atoms with Crippen LogP contribution in [0.15, 0.2) is 91.3 Å². The van der Waals surface area contributed by atoms with Crippen molar-refractivity contribution in [1.82, 2.24) is 9.97 Å². The van der Waals surface area contributed by atoms with Gasteiger partial charge in [-0.15, -0.1) is 0 Å². The van der Waals surface area contributed by atoms with Crippen molar-refractivity contribution in [2.45, 2.75) is 114 Å². The van der Waals surface area contributed by atoms with Crippen molar-refractivity contribution < 1.29 is 10.2 Å². The first-order valence-electron chi connectivity index (χ1n) is 17.1. The summed E-state index contributed by atoms with van der Waals surface area (Å²) in [5.41, 5.74) is 10.1. The lowest BCUT2D eigenvalue weighted by Crippen LogP contribution is -2.27. The van der Waals surface area contributed by atoms with E-state index >= 15 is 0 Å². The molecule has 47 heavy (non-hydrogen) atoms. The Morgan fingerprint density at radius 2 is 1.13 bits per heavy atom. The Hall–Kier alpha value is -2.82. The molecule has 0 atom stereocenters. The fourth-order valence-corrected chi connectivity index (χ4v) is 10.6. The summed E-state index contributed by atoms with van der Waals surface area (Å²) in [5.74, 6) is 0.470. The average molecular weight is 674 g/mol. The van der Waals surface area contributed by atoms with Crippen LogP contribution in [-0.4, -0.2) is 31.5 Å². The van der Waals surface area contributed by atoms with E-state index < -0.39 is 11.2 Å². The topological polar surface area (TPSA) is 92.3 Å². The molecular formula is C40H53ClN3O2P. The highest BCUT2D eigenvalue weighted by Gasteiger charge is 2.33. The van der Waals surface area contributed by atoms with Crippen LogP contribution in [0.3, 0.4) is 0 Å². The van der Waals surface area contributed by atoms with E-state index in [1.807, 2.05) is 0 Å². The van der Waals surface area contributed by atoms with Crippen molar-refractivity contribution in [3.05, 3.63) is 108 Å². The van der Waals surface area contributed by atoms with Gasteiger partial charge in [-0.3, -0.25) is 0 Å². The first-order valence-corrected chi connectivity index (χ1v) is 19.0. The van der Waals surface area contributed by atoms with E-state index in [-0.39, 0.29) is 7.92 Å². The summed E-state index contributed by atoms with van der Waals surface area (Å²) in [5, 5.41) is 21.1. The smallest absolute Gasteiger partial charge is 0.129 e. The third-order valence-corrected chi connectivity index (χ3v) is 12.9. The van der Waals surface area contributed by atoms with Gasteiger partial charge in [0.2, 0.25) is 0 Å². The molecule has 2 aromatic carbocycles. The third-order valence-electron chi connectivity index (χ3n) is 9.13. The van der Waals surface area contributed by atoms with Gasteiger partial charge in [0.1, 0.15) is 11.0 Å². The van der Waals surface area contributed by atoms with Crippen LogP contribution in [0.4, 0.5) is 5.82 Å². The fourth-order valence-electron chi connectivity index (χ4n) is 6.48. The zero-order chi connectivity index (χ0) is 33.9. The molecule has 7 heteroatoms. The molecular weight excluding hydrogens is 621 g/mol. The van der Waals surface area contributed by atoms with E-state index in [0.717, 1.165) is 22.4 Å². The number of anilines is 1. The molecule has 0 bridgehead atoms. The quantitative estimate of drug-likeness (QED) is 0.140. The molecule has 252 valence electrons. The zero-order valence-electron chi connectivity index (χ0n) is 28.6. The van der Waals surface area contributed by atoms with E-state index in [1.54, 1.807) is 69.7 Å². The molecule has 2 fully saturated rings. The molecule has 0 unspecified atom stereocenters. The molecule has 0 spiro atoms. The molecule has 2 aliphatic rings. The summed E-state index contributed by atoms with van der Waals surface area (Å²) in [6.45, 7) is 6.83. The maximum Gasteiger partial charge on any atom is 0.129 e. The second-order valence-electron chi connectivity index (χ2n) is 13.8. The van der Waals surface area contributed by atoms with E-state index in [0.29, 0.717) is 11.0 Å².